The lowest BCUT2D eigenvalue weighted by molar-refractivity contribution is -0.130. The van der Waals surface area contributed by atoms with Gasteiger partial charge in [0.15, 0.2) is 0 Å². The molecular formula is C18H18BrFN2O. The number of carbonyl (C=O) groups is 1. The summed E-state index contributed by atoms with van der Waals surface area (Å²) in [4.78, 5) is 16.3. The average molecular weight is 377 g/mol. The van der Waals surface area contributed by atoms with E-state index in [0.29, 0.717) is 38.3 Å². The molecule has 5 heteroatoms. The van der Waals surface area contributed by atoms with Crippen molar-refractivity contribution in [3.8, 4) is 0 Å². The van der Waals surface area contributed by atoms with E-state index in [1.807, 2.05) is 40.1 Å². The predicted molar refractivity (Wildman–Crippen MR) is 93.0 cm³/mol. The Morgan fingerprint density at radius 3 is 2.48 bits per heavy atom. The van der Waals surface area contributed by atoms with Crippen LogP contribution in [0.15, 0.2) is 53.0 Å². The van der Waals surface area contributed by atoms with Gasteiger partial charge in [0, 0.05) is 30.7 Å². The average Bonchev–Trinajstić information content (AvgIpc) is 2.55. The summed E-state index contributed by atoms with van der Waals surface area (Å²) in [5.74, 6) is -0.0855. The molecule has 0 spiro atoms. The molecule has 3 rings (SSSR count). The van der Waals surface area contributed by atoms with Crippen LogP contribution in [-0.2, 0) is 11.2 Å². The number of hydrogen-bond acceptors (Lipinski definition) is 2. The fraction of sp³-hybridized carbons (Fsp3) is 0.278. The van der Waals surface area contributed by atoms with Gasteiger partial charge in [-0.1, -0.05) is 40.2 Å². The number of amides is 1. The molecule has 1 aliphatic rings. The van der Waals surface area contributed by atoms with Crippen molar-refractivity contribution < 1.29 is 9.18 Å². The van der Waals surface area contributed by atoms with E-state index in [9.17, 15) is 9.18 Å². The monoisotopic (exact) mass is 376 g/mol. The molecule has 0 saturated carbocycles. The van der Waals surface area contributed by atoms with Gasteiger partial charge < -0.3 is 9.80 Å². The maximum atomic E-state index is 13.8. The van der Waals surface area contributed by atoms with Gasteiger partial charge in [-0.2, -0.15) is 0 Å². The van der Waals surface area contributed by atoms with Crippen LogP contribution in [0.1, 0.15) is 5.56 Å². The highest BCUT2D eigenvalue weighted by atomic mass is 79.9. The molecule has 0 bridgehead atoms. The second kappa shape index (κ2) is 7.13. The van der Waals surface area contributed by atoms with Crippen molar-refractivity contribution >= 4 is 27.5 Å². The fourth-order valence-corrected chi connectivity index (χ4v) is 3.28. The second-order valence-electron chi connectivity index (χ2n) is 5.63. The molecule has 0 aliphatic carbocycles. The Labute approximate surface area is 143 Å². The van der Waals surface area contributed by atoms with Crippen LogP contribution in [-0.4, -0.2) is 37.0 Å². The fourth-order valence-electron chi connectivity index (χ4n) is 2.84. The van der Waals surface area contributed by atoms with E-state index < -0.39 is 0 Å². The molecular weight excluding hydrogens is 359 g/mol. The molecule has 1 saturated heterocycles. The van der Waals surface area contributed by atoms with Gasteiger partial charge in [-0.15, -0.1) is 0 Å². The maximum absolute atomic E-state index is 13.8. The normalized spacial score (nSPS) is 14.9. The number of benzene rings is 2. The minimum absolute atomic E-state index is 0.122. The molecule has 3 nitrogen and oxygen atoms in total. The van der Waals surface area contributed by atoms with Crippen LogP contribution < -0.4 is 4.90 Å². The standard InChI is InChI=1S/C18H18BrFN2O/c19-15-5-3-4-14(12-15)13-18(23)22-10-8-21(9-11-22)17-7-2-1-6-16(17)20/h1-7,12H,8-11,13H2. The summed E-state index contributed by atoms with van der Waals surface area (Å²) in [5, 5.41) is 0. The molecule has 120 valence electrons. The summed E-state index contributed by atoms with van der Waals surface area (Å²) >= 11 is 3.42. The van der Waals surface area contributed by atoms with Crippen molar-refractivity contribution in [1.82, 2.24) is 4.90 Å². The molecule has 0 unspecified atom stereocenters. The van der Waals surface area contributed by atoms with Gasteiger partial charge in [0.1, 0.15) is 5.82 Å². The first-order valence-corrected chi connectivity index (χ1v) is 8.44. The van der Waals surface area contributed by atoms with Crippen molar-refractivity contribution in [2.75, 3.05) is 31.1 Å². The summed E-state index contributed by atoms with van der Waals surface area (Å²) in [6.07, 6.45) is 0.402. The van der Waals surface area contributed by atoms with Gasteiger partial charge in [0.2, 0.25) is 5.91 Å². The Hall–Kier alpha value is -1.88. The van der Waals surface area contributed by atoms with E-state index in [0.717, 1.165) is 10.0 Å². The number of para-hydroxylation sites is 1. The zero-order valence-electron chi connectivity index (χ0n) is 12.7. The number of carbonyl (C=O) groups excluding carboxylic acids is 1. The molecule has 0 N–H and O–H groups in total. The molecule has 0 aromatic heterocycles. The molecule has 1 fully saturated rings. The quantitative estimate of drug-likeness (QED) is 0.818. The largest absolute Gasteiger partial charge is 0.366 e. The highest BCUT2D eigenvalue weighted by Crippen LogP contribution is 2.20. The van der Waals surface area contributed by atoms with E-state index in [-0.39, 0.29) is 11.7 Å². The maximum Gasteiger partial charge on any atom is 0.227 e. The SMILES string of the molecule is O=C(Cc1cccc(Br)c1)N1CCN(c2ccccc2F)CC1. The highest BCUT2D eigenvalue weighted by molar-refractivity contribution is 9.10. The van der Waals surface area contributed by atoms with E-state index in [2.05, 4.69) is 15.9 Å². The Bertz CT molecular complexity index is 699. The number of rotatable bonds is 3. The van der Waals surface area contributed by atoms with Gasteiger partial charge in [-0.05, 0) is 29.8 Å². The Morgan fingerprint density at radius 2 is 1.78 bits per heavy atom. The smallest absolute Gasteiger partial charge is 0.227 e. The highest BCUT2D eigenvalue weighted by Gasteiger charge is 2.22. The van der Waals surface area contributed by atoms with Crippen LogP contribution in [0.25, 0.3) is 0 Å². The third kappa shape index (κ3) is 3.91. The van der Waals surface area contributed by atoms with Crippen LogP contribution >= 0.6 is 15.9 Å². The number of nitrogens with zero attached hydrogens (tertiary/aromatic N) is 2. The van der Waals surface area contributed by atoms with Crippen LogP contribution in [0.2, 0.25) is 0 Å². The Balaban J connectivity index is 1.58. The van der Waals surface area contributed by atoms with E-state index >= 15 is 0 Å². The molecule has 0 atom stereocenters. The minimum Gasteiger partial charge on any atom is -0.366 e. The number of halogens is 2. The molecule has 1 aliphatic heterocycles. The van der Waals surface area contributed by atoms with Crippen molar-refractivity contribution in [2.24, 2.45) is 0 Å². The first-order valence-electron chi connectivity index (χ1n) is 7.65. The summed E-state index contributed by atoms with van der Waals surface area (Å²) < 4.78 is 14.8. The number of hydrogen-bond donors (Lipinski definition) is 0. The number of piperazine rings is 1. The minimum atomic E-state index is -0.207. The first kappa shape index (κ1) is 16.0. The van der Waals surface area contributed by atoms with Crippen LogP contribution in [0.5, 0.6) is 0 Å². The lowest BCUT2D eigenvalue weighted by Crippen LogP contribution is -2.49. The number of anilines is 1. The topological polar surface area (TPSA) is 23.6 Å². The van der Waals surface area contributed by atoms with E-state index in [4.69, 9.17) is 0 Å². The van der Waals surface area contributed by atoms with Crippen LogP contribution in [0.4, 0.5) is 10.1 Å². The van der Waals surface area contributed by atoms with Crippen molar-refractivity contribution in [2.45, 2.75) is 6.42 Å². The summed E-state index contributed by atoms with van der Waals surface area (Å²) in [6, 6.07) is 14.6. The third-order valence-corrected chi connectivity index (χ3v) is 4.56. The molecule has 0 radical (unpaired) electrons. The summed E-state index contributed by atoms with van der Waals surface area (Å²) in [6.45, 7) is 2.57. The van der Waals surface area contributed by atoms with Gasteiger partial charge in [-0.25, -0.2) is 4.39 Å². The van der Waals surface area contributed by atoms with Crippen molar-refractivity contribution in [1.29, 1.82) is 0 Å². The Morgan fingerprint density at radius 1 is 1.04 bits per heavy atom. The predicted octanol–water partition coefficient (Wildman–Crippen LogP) is 3.48. The summed E-state index contributed by atoms with van der Waals surface area (Å²) in [5.41, 5.74) is 1.62. The van der Waals surface area contributed by atoms with E-state index in [1.165, 1.54) is 6.07 Å². The Kier molecular flexibility index (Phi) is 4.96. The summed E-state index contributed by atoms with van der Waals surface area (Å²) in [7, 11) is 0. The lowest BCUT2D eigenvalue weighted by atomic mass is 10.1. The molecule has 23 heavy (non-hydrogen) atoms. The van der Waals surface area contributed by atoms with Crippen molar-refractivity contribution in [3.05, 3.63) is 64.4 Å². The lowest BCUT2D eigenvalue weighted by Gasteiger charge is -2.36. The zero-order valence-corrected chi connectivity index (χ0v) is 14.3. The van der Waals surface area contributed by atoms with Gasteiger partial charge >= 0.3 is 0 Å². The molecule has 1 heterocycles. The van der Waals surface area contributed by atoms with Gasteiger partial charge in [0.05, 0.1) is 12.1 Å². The zero-order chi connectivity index (χ0) is 16.2. The first-order chi connectivity index (χ1) is 11.1. The van der Waals surface area contributed by atoms with Crippen LogP contribution in [0.3, 0.4) is 0 Å². The molecule has 1 amide bonds. The third-order valence-electron chi connectivity index (χ3n) is 4.07. The van der Waals surface area contributed by atoms with Crippen LogP contribution in [0, 0.1) is 5.82 Å². The molecule has 2 aromatic rings. The van der Waals surface area contributed by atoms with Gasteiger partial charge in [-0.3, -0.25) is 4.79 Å². The second-order valence-corrected chi connectivity index (χ2v) is 6.54. The van der Waals surface area contributed by atoms with E-state index in [1.54, 1.807) is 12.1 Å². The molecule has 2 aromatic carbocycles. The van der Waals surface area contributed by atoms with Gasteiger partial charge in [0.25, 0.3) is 0 Å². The van der Waals surface area contributed by atoms with Crippen molar-refractivity contribution in [3.63, 3.8) is 0 Å².